The molecular weight excluding hydrogens is 404 g/mol. The molecule has 0 spiro atoms. The molecule has 0 heterocycles. The van der Waals surface area contributed by atoms with Gasteiger partial charge in [-0.25, -0.2) is 0 Å². The smallest absolute Gasteiger partial charge is 0.242 e. The van der Waals surface area contributed by atoms with Crippen molar-refractivity contribution in [3.63, 3.8) is 0 Å². The summed E-state index contributed by atoms with van der Waals surface area (Å²) in [5.74, 6) is -0.225. The number of hydrogen-bond donors (Lipinski definition) is 1. The predicted molar refractivity (Wildman–Crippen MR) is 112 cm³/mol. The van der Waals surface area contributed by atoms with Gasteiger partial charge in [-0.05, 0) is 51.0 Å². The molecule has 144 valence electrons. The highest BCUT2D eigenvalue weighted by molar-refractivity contribution is 9.10. The highest BCUT2D eigenvalue weighted by Crippen LogP contribution is 2.17. The zero-order chi connectivity index (χ0) is 20.0. The summed E-state index contributed by atoms with van der Waals surface area (Å²) in [5, 5.41) is 2.97. The van der Waals surface area contributed by atoms with Gasteiger partial charge in [0, 0.05) is 16.6 Å². The molecule has 0 saturated carbocycles. The number of hydrogen-bond acceptors (Lipinski definition) is 2. The third kappa shape index (κ3) is 6.83. The molecule has 0 aliphatic heterocycles. The number of rotatable bonds is 6. The van der Waals surface area contributed by atoms with E-state index in [9.17, 15) is 9.59 Å². The molecule has 2 rings (SSSR count). The topological polar surface area (TPSA) is 49.4 Å². The number of amides is 2. The van der Waals surface area contributed by atoms with E-state index in [1.165, 1.54) is 0 Å². The second-order valence-electron chi connectivity index (χ2n) is 7.73. The van der Waals surface area contributed by atoms with Crippen LogP contribution >= 0.6 is 15.9 Å². The van der Waals surface area contributed by atoms with Crippen LogP contribution in [0.3, 0.4) is 0 Å². The normalized spacial score (nSPS) is 12.3. The van der Waals surface area contributed by atoms with E-state index < -0.39 is 6.04 Å². The fourth-order valence-electron chi connectivity index (χ4n) is 2.76. The van der Waals surface area contributed by atoms with Crippen LogP contribution in [0.2, 0.25) is 0 Å². The van der Waals surface area contributed by atoms with Crippen LogP contribution in [-0.4, -0.2) is 28.3 Å². The van der Waals surface area contributed by atoms with E-state index in [0.29, 0.717) is 6.54 Å². The molecule has 27 heavy (non-hydrogen) atoms. The maximum atomic E-state index is 13.0. The van der Waals surface area contributed by atoms with Crippen LogP contribution in [0.4, 0.5) is 0 Å². The Hall–Kier alpha value is -2.14. The molecule has 0 radical (unpaired) electrons. The summed E-state index contributed by atoms with van der Waals surface area (Å²) in [7, 11) is 0. The average Bonchev–Trinajstić information content (AvgIpc) is 2.58. The minimum absolute atomic E-state index is 0.0715. The SMILES string of the molecule is CC(C(=O)NC(C)(C)C)N(Cc1cccc(Br)c1)C(=O)Cc1ccccc1. The van der Waals surface area contributed by atoms with Crippen LogP contribution < -0.4 is 5.32 Å². The number of carbonyl (C=O) groups is 2. The molecule has 5 heteroatoms. The Morgan fingerprint density at radius 3 is 2.26 bits per heavy atom. The molecule has 0 bridgehead atoms. The molecule has 0 fully saturated rings. The summed E-state index contributed by atoms with van der Waals surface area (Å²) in [5.41, 5.74) is 1.56. The van der Waals surface area contributed by atoms with E-state index in [0.717, 1.165) is 15.6 Å². The first-order chi connectivity index (χ1) is 12.7. The van der Waals surface area contributed by atoms with E-state index >= 15 is 0 Å². The van der Waals surface area contributed by atoms with Crippen molar-refractivity contribution < 1.29 is 9.59 Å². The number of nitrogens with one attached hydrogen (secondary N) is 1. The molecule has 0 saturated heterocycles. The molecule has 4 nitrogen and oxygen atoms in total. The van der Waals surface area contributed by atoms with Crippen molar-refractivity contribution >= 4 is 27.7 Å². The fraction of sp³-hybridized carbons (Fsp3) is 0.364. The maximum absolute atomic E-state index is 13.0. The second-order valence-corrected chi connectivity index (χ2v) is 8.64. The largest absolute Gasteiger partial charge is 0.350 e. The first kappa shape index (κ1) is 21.2. The Kier molecular flexibility index (Phi) is 7.19. The van der Waals surface area contributed by atoms with Gasteiger partial charge in [0.05, 0.1) is 6.42 Å². The van der Waals surface area contributed by atoms with Crippen LogP contribution in [-0.2, 0) is 22.6 Å². The van der Waals surface area contributed by atoms with Crippen molar-refractivity contribution in [3.8, 4) is 0 Å². The minimum Gasteiger partial charge on any atom is -0.350 e. The molecule has 2 amide bonds. The van der Waals surface area contributed by atoms with Crippen molar-refractivity contribution in [2.24, 2.45) is 0 Å². The predicted octanol–water partition coefficient (Wildman–Crippen LogP) is 4.32. The molecule has 0 aromatic heterocycles. The van der Waals surface area contributed by atoms with Gasteiger partial charge >= 0.3 is 0 Å². The van der Waals surface area contributed by atoms with Crippen LogP contribution in [0.5, 0.6) is 0 Å². The summed E-state index contributed by atoms with van der Waals surface area (Å²) in [4.78, 5) is 27.4. The lowest BCUT2D eigenvalue weighted by Crippen LogP contribution is -2.52. The molecule has 1 N–H and O–H groups in total. The van der Waals surface area contributed by atoms with Crippen LogP contribution in [0.25, 0.3) is 0 Å². The standard InChI is InChI=1S/C22H27BrN2O2/c1-16(21(27)24-22(2,3)4)25(15-18-11-8-12-19(23)13-18)20(26)14-17-9-6-5-7-10-17/h5-13,16H,14-15H2,1-4H3,(H,24,27). The van der Waals surface area contributed by atoms with Gasteiger partial charge in [-0.15, -0.1) is 0 Å². The van der Waals surface area contributed by atoms with E-state index in [1.54, 1.807) is 11.8 Å². The molecule has 0 aliphatic rings. The van der Waals surface area contributed by atoms with Gasteiger partial charge in [0.15, 0.2) is 0 Å². The summed E-state index contributed by atoms with van der Waals surface area (Å²) in [6.07, 6.45) is 0.266. The third-order valence-corrected chi connectivity index (χ3v) is 4.60. The molecule has 1 atom stereocenters. The number of halogens is 1. The molecule has 2 aromatic rings. The summed E-state index contributed by atoms with van der Waals surface area (Å²) in [6, 6.07) is 16.8. The van der Waals surface area contributed by atoms with Gasteiger partial charge in [-0.3, -0.25) is 9.59 Å². The van der Waals surface area contributed by atoms with Crippen molar-refractivity contribution in [3.05, 3.63) is 70.2 Å². The van der Waals surface area contributed by atoms with Crippen molar-refractivity contribution in [2.75, 3.05) is 0 Å². The quantitative estimate of drug-likeness (QED) is 0.741. The lowest BCUT2D eigenvalue weighted by molar-refractivity contribution is -0.140. The van der Waals surface area contributed by atoms with Crippen molar-refractivity contribution in [2.45, 2.75) is 52.2 Å². The number of nitrogens with zero attached hydrogens (tertiary/aromatic N) is 1. The lowest BCUT2D eigenvalue weighted by Gasteiger charge is -2.31. The van der Waals surface area contributed by atoms with Gasteiger partial charge in [0.2, 0.25) is 11.8 Å². The Bertz CT molecular complexity index is 784. The lowest BCUT2D eigenvalue weighted by atomic mass is 10.1. The highest BCUT2D eigenvalue weighted by Gasteiger charge is 2.28. The highest BCUT2D eigenvalue weighted by atomic mass is 79.9. The van der Waals surface area contributed by atoms with Gasteiger partial charge in [0.25, 0.3) is 0 Å². The van der Waals surface area contributed by atoms with Crippen LogP contribution in [0.1, 0.15) is 38.8 Å². The van der Waals surface area contributed by atoms with E-state index in [-0.39, 0.29) is 23.8 Å². The van der Waals surface area contributed by atoms with E-state index in [4.69, 9.17) is 0 Å². The van der Waals surface area contributed by atoms with Crippen molar-refractivity contribution in [1.82, 2.24) is 10.2 Å². The number of benzene rings is 2. The Labute approximate surface area is 170 Å². The molecule has 0 aliphatic carbocycles. The maximum Gasteiger partial charge on any atom is 0.242 e. The van der Waals surface area contributed by atoms with Gasteiger partial charge in [0.1, 0.15) is 6.04 Å². The van der Waals surface area contributed by atoms with Crippen LogP contribution in [0, 0.1) is 0 Å². The van der Waals surface area contributed by atoms with Gasteiger partial charge in [-0.1, -0.05) is 58.4 Å². The van der Waals surface area contributed by atoms with Gasteiger partial charge in [-0.2, -0.15) is 0 Å². The molecule has 2 aromatic carbocycles. The molecular formula is C22H27BrN2O2. The Morgan fingerprint density at radius 1 is 1.04 bits per heavy atom. The van der Waals surface area contributed by atoms with E-state index in [1.807, 2.05) is 75.4 Å². The monoisotopic (exact) mass is 430 g/mol. The first-order valence-corrected chi connectivity index (χ1v) is 9.85. The first-order valence-electron chi connectivity index (χ1n) is 9.05. The van der Waals surface area contributed by atoms with Crippen LogP contribution in [0.15, 0.2) is 59.1 Å². The minimum atomic E-state index is -0.570. The van der Waals surface area contributed by atoms with Gasteiger partial charge < -0.3 is 10.2 Å². The zero-order valence-corrected chi connectivity index (χ0v) is 17.9. The second kappa shape index (κ2) is 9.18. The average molecular weight is 431 g/mol. The Balaban J connectivity index is 2.23. The zero-order valence-electron chi connectivity index (χ0n) is 16.3. The number of carbonyl (C=O) groups excluding carboxylic acids is 2. The Morgan fingerprint density at radius 2 is 1.67 bits per heavy atom. The fourth-order valence-corrected chi connectivity index (χ4v) is 3.21. The van der Waals surface area contributed by atoms with Crippen molar-refractivity contribution in [1.29, 1.82) is 0 Å². The summed E-state index contributed by atoms with van der Waals surface area (Å²) < 4.78 is 0.947. The summed E-state index contributed by atoms with van der Waals surface area (Å²) >= 11 is 3.47. The van der Waals surface area contributed by atoms with E-state index in [2.05, 4.69) is 21.2 Å². The summed E-state index contributed by atoms with van der Waals surface area (Å²) in [6.45, 7) is 7.96. The third-order valence-electron chi connectivity index (χ3n) is 4.11. The molecule has 1 unspecified atom stereocenters.